The van der Waals surface area contributed by atoms with Crippen molar-refractivity contribution in [3.05, 3.63) is 53.3 Å². The maximum absolute atomic E-state index is 4.26. The molecule has 1 aromatic heterocycles. The first-order valence-electron chi connectivity index (χ1n) is 8.27. The van der Waals surface area contributed by atoms with Crippen LogP contribution in [-0.2, 0) is 19.9 Å². The molecule has 0 spiro atoms. The summed E-state index contributed by atoms with van der Waals surface area (Å²) in [7, 11) is 1.98. The average molecular weight is 298 g/mol. The van der Waals surface area contributed by atoms with Crippen LogP contribution in [-0.4, -0.2) is 40.9 Å². The average Bonchev–Trinajstić information content (AvgIpc) is 2.99. The first-order valence-corrected chi connectivity index (χ1v) is 8.27. The Hall–Kier alpha value is -1.65. The zero-order valence-corrected chi connectivity index (χ0v) is 13.6. The van der Waals surface area contributed by atoms with Crippen molar-refractivity contribution in [1.29, 1.82) is 0 Å². The first kappa shape index (κ1) is 15.3. The Labute approximate surface area is 133 Å². The van der Waals surface area contributed by atoms with Gasteiger partial charge in [0.25, 0.3) is 0 Å². The number of aryl methyl sites for hydroxylation is 2. The summed E-state index contributed by atoms with van der Waals surface area (Å²) in [5, 5.41) is 7.80. The van der Waals surface area contributed by atoms with Crippen LogP contribution in [0.3, 0.4) is 0 Å². The van der Waals surface area contributed by atoms with Crippen LogP contribution >= 0.6 is 0 Å². The van der Waals surface area contributed by atoms with Gasteiger partial charge in [-0.25, -0.2) is 0 Å². The largest absolute Gasteiger partial charge is 0.314 e. The highest BCUT2D eigenvalue weighted by Gasteiger charge is 2.23. The zero-order chi connectivity index (χ0) is 15.4. The molecule has 1 aromatic carbocycles. The van der Waals surface area contributed by atoms with Gasteiger partial charge in [-0.3, -0.25) is 9.58 Å². The van der Waals surface area contributed by atoms with E-state index in [0.717, 1.165) is 39.0 Å². The Balaban J connectivity index is 1.67. The molecule has 0 radical (unpaired) electrons. The Morgan fingerprint density at radius 2 is 2.05 bits per heavy atom. The fraction of sp³-hybridized carbons (Fsp3) is 0.500. The van der Waals surface area contributed by atoms with Gasteiger partial charge in [0.2, 0.25) is 0 Å². The first-order chi connectivity index (χ1) is 10.8. The number of aromatic nitrogens is 2. The van der Waals surface area contributed by atoms with Crippen molar-refractivity contribution in [2.24, 2.45) is 7.05 Å². The highest BCUT2D eigenvalue weighted by molar-refractivity contribution is 5.26. The van der Waals surface area contributed by atoms with Crippen LogP contribution in [0.4, 0.5) is 0 Å². The van der Waals surface area contributed by atoms with Gasteiger partial charge < -0.3 is 5.32 Å². The van der Waals surface area contributed by atoms with Crippen LogP contribution in [0.25, 0.3) is 0 Å². The van der Waals surface area contributed by atoms with Gasteiger partial charge in [0, 0.05) is 45.5 Å². The molecule has 2 heterocycles. The van der Waals surface area contributed by atoms with E-state index in [-0.39, 0.29) is 0 Å². The van der Waals surface area contributed by atoms with Crippen LogP contribution < -0.4 is 5.32 Å². The van der Waals surface area contributed by atoms with Crippen LogP contribution in [0, 0.1) is 0 Å². The third kappa shape index (κ3) is 3.57. The third-order valence-corrected chi connectivity index (χ3v) is 4.57. The summed E-state index contributed by atoms with van der Waals surface area (Å²) in [6, 6.07) is 9.62. The molecule has 4 heteroatoms. The molecule has 1 aliphatic rings. The SMILES string of the molecule is CCc1ccc(C2CNCCN2CCc2cnn(C)c2)cc1. The third-order valence-electron chi connectivity index (χ3n) is 4.57. The quantitative estimate of drug-likeness (QED) is 0.918. The van der Waals surface area contributed by atoms with Gasteiger partial charge >= 0.3 is 0 Å². The predicted molar refractivity (Wildman–Crippen MR) is 89.9 cm³/mol. The van der Waals surface area contributed by atoms with Crippen LogP contribution in [0.15, 0.2) is 36.7 Å². The molecular formula is C18H26N4. The van der Waals surface area contributed by atoms with Crippen molar-refractivity contribution >= 4 is 0 Å². The Bertz CT molecular complexity index is 587. The molecule has 1 aliphatic heterocycles. The fourth-order valence-electron chi connectivity index (χ4n) is 3.19. The Kier molecular flexibility index (Phi) is 4.90. The maximum Gasteiger partial charge on any atom is 0.0522 e. The molecule has 22 heavy (non-hydrogen) atoms. The Morgan fingerprint density at radius 1 is 1.23 bits per heavy atom. The number of hydrogen-bond donors (Lipinski definition) is 1. The molecular weight excluding hydrogens is 272 g/mol. The van der Waals surface area contributed by atoms with E-state index in [1.165, 1.54) is 16.7 Å². The van der Waals surface area contributed by atoms with Gasteiger partial charge in [0.1, 0.15) is 0 Å². The van der Waals surface area contributed by atoms with E-state index >= 15 is 0 Å². The molecule has 1 atom stereocenters. The number of benzene rings is 1. The lowest BCUT2D eigenvalue weighted by Gasteiger charge is -2.36. The molecule has 0 aliphatic carbocycles. The van der Waals surface area contributed by atoms with Crippen molar-refractivity contribution in [1.82, 2.24) is 20.0 Å². The molecule has 4 nitrogen and oxygen atoms in total. The lowest BCUT2D eigenvalue weighted by Crippen LogP contribution is -2.46. The van der Waals surface area contributed by atoms with Crippen molar-refractivity contribution in [2.75, 3.05) is 26.2 Å². The van der Waals surface area contributed by atoms with Gasteiger partial charge in [-0.1, -0.05) is 31.2 Å². The molecule has 3 rings (SSSR count). The molecule has 118 valence electrons. The topological polar surface area (TPSA) is 33.1 Å². The van der Waals surface area contributed by atoms with E-state index in [0.29, 0.717) is 6.04 Å². The summed E-state index contributed by atoms with van der Waals surface area (Å²) >= 11 is 0. The highest BCUT2D eigenvalue weighted by atomic mass is 15.2. The zero-order valence-electron chi connectivity index (χ0n) is 13.6. The van der Waals surface area contributed by atoms with Crippen LogP contribution in [0.1, 0.15) is 29.7 Å². The molecule has 1 unspecified atom stereocenters. The van der Waals surface area contributed by atoms with E-state index < -0.39 is 0 Å². The summed E-state index contributed by atoms with van der Waals surface area (Å²) in [4.78, 5) is 2.60. The Morgan fingerprint density at radius 3 is 2.73 bits per heavy atom. The van der Waals surface area contributed by atoms with Crippen molar-refractivity contribution < 1.29 is 0 Å². The lowest BCUT2D eigenvalue weighted by atomic mass is 10.0. The number of nitrogens with zero attached hydrogens (tertiary/aromatic N) is 3. The van der Waals surface area contributed by atoms with E-state index in [1.807, 2.05) is 17.9 Å². The van der Waals surface area contributed by atoms with Gasteiger partial charge in [-0.2, -0.15) is 5.10 Å². The summed E-state index contributed by atoms with van der Waals surface area (Å²) in [5.74, 6) is 0. The van der Waals surface area contributed by atoms with Crippen LogP contribution in [0.5, 0.6) is 0 Å². The summed E-state index contributed by atoms with van der Waals surface area (Å²) in [5.41, 5.74) is 4.16. The van der Waals surface area contributed by atoms with E-state index in [2.05, 4.69) is 52.7 Å². The highest BCUT2D eigenvalue weighted by Crippen LogP contribution is 2.23. The molecule has 0 amide bonds. The second-order valence-electron chi connectivity index (χ2n) is 6.12. The van der Waals surface area contributed by atoms with Crippen molar-refractivity contribution in [3.8, 4) is 0 Å². The normalized spacial score (nSPS) is 19.5. The van der Waals surface area contributed by atoms with Crippen molar-refractivity contribution in [2.45, 2.75) is 25.8 Å². The molecule has 0 saturated carbocycles. The minimum atomic E-state index is 0.483. The fourth-order valence-corrected chi connectivity index (χ4v) is 3.19. The molecule has 1 fully saturated rings. The molecule has 2 aromatic rings. The maximum atomic E-state index is 4.26. The van der Waals surface area contributed by atoms with E-state index in [4.69, 9.17) is 0 Å². The second-order valence-corrected chi connectivity index (χ2v) is 6.12. The van der Waals surface area contributed by atoms with Gasteiger partial charge in [0.05, 0.1) is 6.20 Å². The smallest absolute Gasteiger partial charge is 0.0522 e. The van der Waals surface area contributed by atoms with Crippen molar-refractivity contribution in [3.63, 3.8) is 0 Å². The van der Waals surface area contributed by atoms with E-state index in [9.17, 15) is 0 Å². The predicted octanol–water partition coefficient (Wildman–Crippen LogP) is 2.17. The minimum Gasteiger partial charge on any atom is -0.314 e. The number of rotatable bonds is 5. The molecule has 1 saturated heterocycles. The number of hydrogen-bond acceptors (Lipinski definition) is 3. The number of piperazine rings is 1. The second kappa shape index (κ2) is 7.07. The number of nitrogens with one attached hydrogen (secondary N) is 1. The lowest BCUT2D eigenvalue weighted by molar-refractivity contribution is 0.164. The summed E-state index contributed by atoms with van der Waals surface area (Å²) < 4.78 is 1.88. The molecule has 0 bridgehead atoms. The van der Waals surface area contributed by atoms with Gasteiger partial charge in [0.15, 0.2) is 0 Å². The summed E-state index contributed by atoms with van der Waals surface area (Å²) in [6.07, 6.45) is 6.27. The van der Waals surface area contributed by atoms with Crippen LogP contribution in [0.2, 0.25) is 0 Å². The van der Waals surface area contributed by atoms with Gasteiger partial charge in [-0.05, 0) is 29.5 Å². The standard InChI is InChI=1S/C18H26N4/c1-3-15-4-6-17(7-5-15)18-13-19-9-11-22(18)10-8-16-12-20-21(2)14-16/h4-7,12,14,18-19H,3,8-11,13H2,1-2H3. The summed E-state index contributed by atoms with van der Waals surface area (Å²) in [6.45, 7) is 6.53. The monoisotopic (exact) mass is 298 g/mol. The van der Waals surface area contributed by atoms with Gasteiger partial charge in [-0.15, -0.1) is 0 Å². The van der Waals surface area contributed by atoms with E-state index in [1.54, 1.807) is 0 Å². The molecule has 1 N–H and O–H groups in total. The minimum absolute atomic E-state index is 0.483.